The predicted octanol–water partition coefficient (Wildman–Crippen LogP) is 0.609. The topological polar surface area (TPSA) is 122 Å². The van der Waals surface area contributed by atoms with Gasteiger partial charge < -0.3 is 10.3 Å². The van der Waals surface area contributed by atoms with Crippen molar-refractivity contribution in [2.45, 2.75) is 18.2 Å². The number of fused-ring (bicyclic) bond motifs is 1. The number of ketones is 1. The summed E-state index contributed by atoms with van der Waals surface area (Å²) in [6.07, 6.45) is 1.37. The Bertz CT molecular complexity index is 1040. The molecular formula is C15H15N3O5S. The lowest BCUT2D eigenvalue weighted by Gasteiger charge is -2.20. The van der Waals surface area contributed by atoms with Gasteiger partial charge in [0.15, 0.2) is 15.6 Å². The molecule has 2 N–H and O–H groups in total. The zero-order valence-corrected chi connectivity index (χ0v) is 13.8. The molecule has 1 aromatic carbocycles. The molecule has 1 aliphatic rings. The first-order chi connectivity index (χ1) is 11.3. The fourth-order valence-electron chi connectivity index (χ4n) is 2.89. The molecule has 1 aliphatic heterocycles. The highest BCUT2D eigenvalue weighted by atomic mass is 32.2. The van der Waals surface area contributed by atoms with E-state index in [1.54, 1.807) is 6.92 Å². The first kappa shape index (κ1) is 16.2. The molecule has 0 unspecified atom stereocenters. The van der Waals surface area contributed by atoms with E-state index in [-0.39, 0.29) is 39.5 Å². The number of aromatic nitrogens is 2. The summed E-state index contributed by atoms with van der Waals surface area (Å²) in [4.78, 5) is 24.7. The quantitative estimate of drug-likeness (QED) is 0.467. The van der Waals surface area contributed by atoms with Crippen LogP contribution in [0.15, 0.2) is 33.2 Å². The van der Waals surface area contributed by atoms with Crippen molar-refractivity contribution in [3.63, 3.8) is 0 Å². The molecule has 0 saturated heterocycles. The summed E-state index contributed by atoms with van der Waals surface area (Å²) in [6.45, 7) is 1.58. The van der Waals surface area contributed by atoms with Crippen LogP contribution in [0.3, 0.4) is 0 Å². The number of nitrogens with zero attached hydrogens (tertiary/aromatic N) is 2. The lowest BCUT2D eigenvalue weighted by atomic mass is 9.93. The van der Waals surface area contributed by atoms with Crippen molar-refractivity contribution in [3.05, 3.63) is 50.9 Å². The van der Waals surface area contributed by atoms with E-state index in [0.29, 0.717) is 5.56 Å². The number of hydrogen-bond acceptors (Lipinski definition) is 6. The Labute approximate surface area is 137 Å². The predicted molar refractivity (Wildman–Crippen MR) is 85.6 cm³/mol. The highest BCUT2D eigenvalue weighted by molar-refractivity contribution is 7.91. The van der Waals surface area contributed by atoms with Crippen molar-refractivity contribution >= 4 is 21.3 Å². The Balaban J connectivity index is 2.25. The van der Waals surface area contributed by atoms with E-state index < -0.39 is 21.2 Å². The molecule has 0 aliphatic carbocycles. The Kier molecular flexibility index (Phi) is 3.67. The van der Waals surface area contributed by atoms with Gasteiger partial charge in [-0.3, -0.25) is 14.3 Å². The van der Waals surface area contributed by atoms with E-state index in [9.17, 15) is 23.2 Å². The Morgan fingerprint density at radius 1 is 1.33 bits per heavy atom. The number of aryl methyl sites for hydroxylation is 1. The molecule has 24 heavy (non-hydrogen) atoms. The monoisotopic (exact) mass is 349 g/mol. The summed E-state index contributed by atoms with van der Waals surface area (Å²) >= 11 is 0. The second-order valence-corrected chi connectivity index (χ2v) is 7.68. The molecule has 0 bridgehead atoms. The molecule has 0 atom stereocenters. The molecule has 126 valence electrons. The number of benzene rings is 1. The van der Waals surface area contributed by atoms with Gasteiger partial charge in [0, 0.05) is 30.8 Å². The fraction of sp³-hybridized carbons (Fsp3) is 0.267. The molecule has 2 heterocycles. The number of carbonyl (C=O) groups excluding carboxylic acids is 1. The molecule has 0 spiro atoms. The van der Waals surface area contributed by atoms with Crippen LogP contribution >= 0.6 is 0 Å². The number of aromatic amines is 1. The van der Waals surface area contributed by atoms with Crippen LogP contribution in [0.1, 0.15) is 33.5 Å². The van der Waals surface area contributed by atoms with Crippen LogP contribution in [-0.2, 0) is 16.9 Å². The van der Waals surface area contributed by atoms with Gasteiger partial charge in [0.2, 0.25) is 0 Å². The Morgan fingerprint density at radius 3 is 2.62 bits per heavy atom. The van der Waals surface area contributed by atoms with Crippen LogP contribution in [0, 0.1) is 6.92 Å². The molecule has 8 nitrogen and oxygen atoms in total. The highest BCUT2D eigenvalue weighted by Crippen LogP contribution is 2.30. The summed E-state index contributed by atoms with van der Waals surface area (Å²) in [5, 5.41) is 15.0. The van der Waals surface area contributed by atoms with E-state index in [1.807, 2.05) is 0 Å². The average Bonchev–Trinajstić information content (AvgIpc) is 2.87. The summed E-state index contributed by atoms with van der Waals surface area (Å²) in [6, 6.07) is 2.72. The third-order valence-electron chi connectivity index (χ3n) is 4.21. The average molecular weight is 349 g/mol. The molecule has 0 radical (unpaired) electrons. The minimum absolute atomic E-state index is 0.0394. The number of H-pyrrole nitrogens is 1. The summed E-state index contributed by atoms with van der Waals surface area (Å²) < 4.78 is 25.6. The van der Waals surface area contributed by atoms with Crippen LogP contribution in [0.4, 0.5) is 0 Å². The van der Waals surface area contributed by atoms with Gasteiger partial charge in [0.25, 0.3) is 5.56 Å². The molecule has 0 amide bonds. The maximum absolute atomic E-state index is 12.7. The van der Waals surface area contributed by atoms with Crippen molar-refractivity contribution in [2.75, 3.05) is 5.75 Å². The van der Waals surface area contributed by atoms with E-state index in [1.165, 1.54) is 30.1 Å². The second-order valence-electron chi connectivity index (χ2n) is 5.61. The van der Waals surface area contributed by atoms with Crippen LogP contribution in [0.25, 0.3) is 0 Å². The summed E-state index contributed by atoms with van der Waals surface area (Å²) in [7, 11) is -2.01. The smallest absolute Gasteiger partial charge is 0.277 e. The van der Waals surface area contributed by atoms with Crippen molar-refractivity contribution in [1.82, 2.24) is 9.78 Å². The van der Waals surface area contributed by atoms with Crippen molar-refractivity contribution in [2.24, 2.45) is 12.2 Å². The molecule has 0 saturated carbocycles. The standard InChI is InChI=1S/C15H15N3O5S/c1-8-9(14(19)10-7-16-18(2)15(10)20)3-4-12-13(8)11(17-21)5-6-24(12,22)23/h3-4,7,16,21H,5-6H2,1-2H3/b17-11+. The number of carbonyl (C=O) groups is 1. The maximum atomic E-state index is 12.7. The van der Waals surface area contributed by atoms with Gasteiger partial charge in [-0.25, -0.2) is 8.42 Å². The van der Waals surface area contributed by atoms with Gasteiger partial charge in [-0.1, -0.05) is 5.16 Å². The van der Waals surface area contributed by atoms with Crippen LogP contribution in [0.5, 0.6) is 0 Å². The SMILES string of the molecule is Cc1c(C(=O)c2c[nH]n(C)c2=O)ccc2c1/C(=N/O)CCS2(=O)=O. The van der Waals surface area contributed by atoms with E-state index >= 15 is 0 Å². The van der Waals surface area contributed by atoms with Gasteiger partial charge in [0.05, 0.1) is 16.4 Å². The van der Waals surface area contributed by atoms with Crippen molar-refractivity contribution in [1.29, 1.82) is 0 Å². The van der Waals surface area contributed by atoms with Crippen LogP contribution in [-0.4, -0.2) is 40.7 Å². The number of sulfone groups is 1. The first-order valence-electron chi connectivity index (χ1n) is 7.14. The molecule has 9 heteroatoms. The van der Waals surface area contributed by atoms with Crippen molar-refractivity contribution < 1.29 is 18.4 Å². The lowest BCUT2D eigenvalue weighted by Crippen LogP contribution is -2.25. The normalized spacial score (nSPS) is 17.7. The minimum Gasteiger partial charge on any atom is -0.411 e. The minimum atomic E-state index is -3.49. The van der Waals surface area contributed by atoms with Crippen LogP contribution < -0.4 is 5.56 Å². The van der Waals surface area contributed by atoms with Crippen molar-refractivity contribution in [3.8, 4) is 0 Å². The number of nitrogens with one attached hydrogen (secondary N) is 1. The molecule has 0 fully saturated rings. The largest absolute Gasteiger partial charge is 0.411 e. The van der Waals surface area contributed by atoms with E-state index in [2.05, 4.69) is 10.3 Å². The molecule has 2 aromatic rings. The third kappa shape index (κ3) is 2.28. The second kappa shape index (κ2) is 5.45. The molecule has 1 aromatic heterocycles. The molecule has 3 rings (SSSR count). The Hall–Kier alpha value is -2.68. The fourth-order valence-corrected chi connectivity index (χ4v) is 4.43. The number of oxime groups is 1. The summed E-state index contributed by atoms with van der Waals surface area (Å²) in [5.41, 5.74) is 0.513. The first-order valence-corrected chi connectivity index (χ1v) is 8.80. The third-order valence-corrected chi connectivity index (χ3v) is 5.96. The molecular weight excluding hydrogens is 334 g/mol. The zero-order valence-electron chi connectivity index (χ0n) is 13.0. The highest BCUT2D eigenvalue weighted by Gasteiger charge is 2.31. The maximum Gasteiger partial charge on any atom is 0.277 e. The number of rotatable bonds is 2. The number of hydrogen-bond donors (Lipinski definition) is 2. The lowest BCUT2D eigenvalue weighted by molar-refractivity contribution is 0.103. The summed E-state index contributed by atoms with van der Waals surface area (Å²) in [5.74, 6) is -0.665. The van der Waals surface area contributed by atoms with Gasteiger partial charge in [-0.15, -0.1) is 0 Å². The van der Waals surface area contributed by atoms with Gasteiger partial charge in [-0.2, -0.15) is 0 Å². The van der Waals surface area contributed by atoms with Gasteiger partial charge >= 0.3 is 0 Å². The van der Waals surface area contributed by atoms with E-state index in [4.69, 9.17) is 0 Å². The zero-order chi connectivity index (χ0) is 17.6. The van der Waals surface area contributed by atoms with Crippen LogP contribution in [0.2, 0.25) is 0 Å². The Morgan fingerprint density at radius 2 is 2.04 bits per heavy atom. The van der Waals surface area contributed by atoms with E-state index in [0.717, 1.165) is 0 Å². The van der Waals surface area contributed by atoms with Gasteiger partial charge in [-0.05, 0) is 24.6 Å². The van der Waals surface area contributed by atoms with Gasteiger partial charge in [0.1, 0.15) is 5.56 Å².